The van der Waals surface area contributed by atoms with E-state index in [1.165, 1.54) is 43.9 Å². The SMILES string of the molecule is CS(=O)(=O)C1CC[N+]([O-])(CCOc2ccc([C@H]3CC[C@]4(CC3)OO[C@]3(O4)C4CC5CC(C4)CC3C5)cc2)CC1. The lowest BCUT2D eigenvalue weighted by molar-refractivity contribution is -0.885. The van der Waals surface area contributed by atoms with Crippen LogP contribution < -0.4 is 4.74 Å². The Hall–Kier alpha value is -1.23. The molecular weight excluding hydrogens is 518 g/mol. The molecule has 4 bridgehead atoms. The number of quaternary nitrogens is 1. The average Bonchev–Trinajstić information content (AvgIpc) is 3.27. The van der Waals surface area contributed by atoms with Gasteiger partial charge in [-0.05, 0) is 80.4 Å². The zero-order valence-electron chi connectivity index (χ0n) is 23.1. The van der Waals surface area contributed by atoms with E-state index in [0.29, 0.717) is 56.8 Å². The molecule has 0 atom stereocenters. The average molecular weight is 562 g/mol. The number of rotatable bonds is 6. The molecule has 5 saturated carbocycles. The summed E-state index contributed by atoms with van der Waals surface area (Å²) in [7, 11) is -3.07. The molecule has 1 aromatic carbocycles. The van der Waals surface area contributed by atoms with Crippen LogP contribution in [0, 0.1) is 28.9 Å². The standard InChI is InChI=1S/C30H43NO7S/c1-39(33,34)28-8-12-31(32,13-9-28)14-15-35-27-4-2-23(3-5-27)24-6-10-29(11-7-24)36-30(38-37-29)25-17-21-16-22(19-25)20-26(30)18-21/h2-5,21-22,24-26,28H,6-20H2,1H3/t21?,22?,24-,25?,26?,28?,29+,30-,31?. The second-order valence-electron chi connectivity index (χ2n) is 13.7. The highest BCUT2D eigenvalue weighted by Gasteiger charge is 2.66. The number of sulfone groups is 1. The first kappa shape index (κ1) is 26.7. The van der Waals surface area contributed by atoms with E-state index in [2.05, 4.69) is 12.1 Å². The molecule has 9 heteroatoms. The van der Waals surface area contributed by atoms with Gasteiger partial charge in [-0.25, -0.2) is 8.42 Å². The molecule has 0 radical (unpaired) electrons. The van der Waals surface area contributed by atoms with Gasteiger partial charge in [-0.1, -0.05) is 12.1 Å². The molecule has 0 amide bonds. The van der Waals surface area contributed by atoms with Crippen LogP contribution in [0.15, 0.2) is 24.3 Å². The Balaban J connectivity index is 0.892. The molecule has 7 aliphatic rings. The largest absolute Gasteiger partial charge is 0.633 e. The predicted molar refractivity (Wildman–Crippen MR) is 145 cm³/mol. The van der Waals surface area contributed by atoms with Gasteiger partial charge in [0.15, 0.2) is 9.84 Å². The van der Waals surface area contributed by atoms with Crippen LogP contribution in [0.1, 0.15) is 82.1 Å². The fourth-order valence-corrected chi connectivity index (χ4v) is 10.1. The van der Waals surface area contributed by atoms with Gasteiger partial charge in [0.2, 0.25) is 11.6 Å². The Morgan fingerprint density at radius 3 is 2.13 bits per heavy atom. The zero-order chi connectivity index (χ0) is 26.9. The van der Waals surface area contributed by atoms with Crippen molar-refractivity contribution in [3.8, 4) is 5.75 Å². The Kier molecular flexibility index (Phi) is 6.61. The van der Waals surface area contributed by atoms with Crippen molar-refractivity contribution in [3.63, 3.8) is 0 Å². The molecule has 8 nitrogen and oxygen atoms in total. The first-order valence-electron chi connectivity index (χ1n) is 15.2. The summed E-state index contributed by atoms with van der Waals surface area (Å²) < 4.78 is 35.9. The van der Waals surface area contributed by atoms with Crippen molar-refractivity contribution in [1.82, 2.24) is 0 Å². The van der Waals surface area contributed by atoms with E-state index in [4.69, 9.17) is 19.2 Å². The highest BCUT2D eigenvalue weighted by atomic mass is 32.2. The Morgan fingerprint density at radius 2 is 1.54 bits per heavy atom. The number of hydrogen-bond donors (Lipinski definition) is 0. The number of nitrogens with zero attached hydrogens (tertiary/aromatic N) is 1. The number of ether oxygens (including phenoxy) is 2. The number of hydroxylamine groups is 3. The summed E-state index contributed by atoms with van der Waals surface area (Å²) in [6, 6.07) is 8.28. The first-order valence-corrected chi connectivity index (χ1v) is 17.1. The molecular formula is C30H43NO7S. The lowest BCUT2D eigenvalue weighted by Crippen LogP contribution is -2.59. The minimum atomic E-state index is -3.07. The fourth-order valence-electron chi connectivity index (χ4n) is 9.02. The van der Waals surface area contributed by atoms with Crippen molar-refractivity contribution >= 4 is 9.84 Å². The lowest BCUT2D eigenvalue weighted by atomic mass is 9.53. The molecule has 0 aromatic heterocycles. The van der Waals surface area contributed by atoms with Gasteiger partial charge in [0.05, 0.1) is 18.3 Å². The third-order valence-electron chi connectivity index (χ3n) is 11.1. The van der Waals surface area contributed by atoms with Gasteiger partial charge in [-0.15, -0.1) is 0 Å². The van der Waals surface area contributed by atoms with Crippen molar-refractivity contribution in [2.75, 3.05) is 32.5 Å². The van der Waals surface area contributed by atoms with E-state index in [1.807, 2.05) is 12.1 Å². The van der Waals surface area contributed by atoms with Crippen molar-refractivity contribution in [1.29, 1.82) is 0 Å². The number of benzene rings is 1. The summed E-state index contributed by atoms with van der Waals surface area (Å²) in [6.45, 7) is 1.35. The molecule has 39 heavy (non-hydrogen) atoms. The Bertz CT molecular complexity index is 1120. The van der Waals surface area contributed by atoms with Crippen LogP contribution >= 0.6 is 0 Å². The summed E-state index contributed by atoms with van der Waals surface area (Å²) in [4.78, 5) is 12.3. The number of hydrogen-bond acceptors (Lipinski definition) is 7. The second-order valence-corrected chi connectivity index (χ2v) is 16.0. The Labute approximate surface area is 232 Å². The van der Waals surface area contributed by atoms with Gasteiger partial charge in [0, 0.05) is 43.8 Å². The van der Waals surface area contributed by atoms with Crippen molar-refractivity contribution in [2.24, 2.45) is 23.7 Å². The van der Waals surface area contributed by atoms with Crippen LogP contribution in [0.25, 0.3) is 0 Å². The van der Waals surface area contributed by atoms with E-state index in [0.717, 1.165) is 43.3 Å². The molecule has 2 spiro atoms. The number of piperidine rings is 1. The van der Waals surface area contributed by atoms with E-state index in [1.54, 1.807) is 0 Å². The van der Waals surface area contributed by atoms with E-state index >= 15 is 0 Å². The predicted octanol–water partition coefficient (Wildman–Crippen LogP) is 5.07. The van der Waals surface area contributed by atoms with Crippen LogP contribution in [0.4, 0.5) is 0 Å². The summed E-state index contributed by atoms with van der Waals surface area (Å²) >= 11 is 0. The van der Waals surface area contributed by atoms with Gasteiger partial charge >= 0.3 is 0 Å². The van der Waals surface area contributed by atoms with Gasteiger partial charge in [0.1, 0.15) is 18.9 Å². The van der Waals surface area contributed by atoms with E-state index < -0.39 is 21.4 Å². The van der Waals surface area contributed by atoms with Gasteiger partial charge in [0.25, 0.3) is 0 Å². The third-order valence-corrected chi connectivity index (χ3v) is 12.8. The topological polar surface area (TPSA) is 94.1 Å². The molecule has 1 aromatic rings. The molecule has 216 valence electrons. The van der Waals surface area contributed by atoms with E-state index in [-0.39, 0.29) is 9.90 Å². The van der Waals surface area contributed by atoms with Crippen molar-refractivity contribution in [2.45, 2.75) is 93.4 Å². The van der Waals surface area contributed by atoms with Crippen molar-refractivity contribution < 1.29 is 32.3 Å². The van der Waals surface area contributed by atoms with Crippen LogP contribution in [-0.2, 0) is 24.3 Å². The summed E-state index contributed by atoms with van der Waals surface area (Å²) in [5.74, 6) is 2.88. The van der Waals surface area contributed by atoms with Gasteiger partial charge < -0.3 is 19.3 Å². The summed E-state index contributed by atoms with van der Waals surface area (Å²) in [5.41, 5.74) is 1.30. The maximum atomic E-state index is 13.0. The van der Waals surface area contributed by atoms with Gasteiger partial charge in [-0.2, -0.15) is 9.78 Å². The third kappa shape index (κ3) is 4.95. The molecule has 0 N–H and O–H groups in total. The highest BCUT2D eigenvalue weighted by molar-refractivity contribution is 7.91. The van der Waals surface area contributed by atoms with Crippen LogP contribution in [0.3, 0.4) is 0 Å². The maximum absolute atomic E-state index is 13.0. The van der Waals surface area contributed by atoms with E-state index in [9.17, 15) is 13.6 Å². The molecule has 2 saturated heterocycles. The summed E-state index contributed by atoms with van der Waals surface area (Å²) in [6.07, 6.45) is 12.2. The molecule has 7 fully saturated rings. The van der Waals surface area contributed by atoms with Crippen molar-refractivity contribution in [3.05, 3.63) is 35.0 Å². The quantitative estimate of drug-likeness (QED) is 0.272. The second kappa shape index (κ2) is 9.66. The van der Waals surface area contributed by atoms with Crippen LogP contribution in [0.5, 0.6) is 5.75 Å². The smallest absolute Gasteiger partial charge is 0.210 e. The highest BCUT2D eigenvalue weighted by Crippen LogP contribution is 2.64. The molecule has 8 rings (SSSR count). The maximum Gasteiger partial charge on any atom is 0.210 e. The molecule has 5 aliphatic carbocycles. The number of likely N-dealkylation sites (tertiary alicyclic amines) is 1. The Morgan fingerprint density at radius 1 is 0.923 bits per heavy atom. The van der Waals surface area contributed by atoms with Crippen LogP contribution in [0.2, 0.25) is 0 Å². The minimum absolute atomic E-state index is 0.332. The minimum Gasteiger partial charge on any atom is -0.633 e. The molecule has 2 aliphatic heterocycles. The normalized spacial score (nSPS) is 45.3. The van der Waals surface area contributed by atoms with Gasteiger partial charge in [-0.3, -0.25) is 0 Å². The van der Waals surface area contributed by atoms with Crippen LogP contribution in [-0.4, -0.2) is 62.4 Å². The molecule has 0 unspecified atom stereocenters. The fraction of sp³-hybridized carbons (Fsp3) is 0.800. The lowest BCUT2D eigenvalue weighted by Gasteiger charge is -2.57. The zero-order valence-corrected chi connectivity index (χ0v) is 23.9. The first-order chi connectivity index (χ1) is 18.6. The summed E-state index contributed by atoms with van der Waals surface area (Å²) in [5, 5.41) is 12.6. The monoisotopic (exact) mass is 561 g/mol. The molecule has 2 heterocycles.